The van der Waals surface area contributed by atoms with Crippen molar-refractivity contribution in [1.82, 2.24) is 5.32 Å². The molecule has 1 atom stereocenters. The van der Waals surface area contributed by atoms with E-state index in [1.807, 2.05) is 52.1 Å². The van der Waals surface area contributed by atoms with Crippen LogP contribution in [0.15, 0.2) is 12.1 Å². The molecule has 0 spiro atoms. The molecule has 104 valence electrons. The van der Waals surface area contributed by atoms with Crippen molar-refractivity contribution < 1.29 is 19.8 Å². The lowest BCUT2D eigenvalue weighted by molar-refractivity contribution is -0.139. The molecule has 0 saturated carbocycles. The predicted molar refractivity (Wildman–Crippen MR) is 87.3 cm³/mol. The Morgan fingerprint density at radius 3 is 2.53 bits per heavy atom. The second-order valence-electron chi connectivity index (χ2n) is 3.94. The topological polar surface area (TPSA) is 86.6 Å². The minimum absolute atomic E-state index is 0.0960. The Labute approximate surface area is 138 Å². The van der Waals surface area contributed by atoms with Crippen molar-refractivity contribution in [2.24, 2.45) is 0 Å². The van der Waals surface area contributed by atoms with Crippen LogP contribution >= 0.6 is 45.2 Å². The molecule has 1 amide bonds. The van der Waals surface area contributed by atoms with Crippen molar-refractivity contribution in [2.75, 3.05) is 0 Å². The van der Waals surface area contributed by atoms with Gasteiger partial charge in [0.2, 0.25) is 0 Å². The lowest BCUT2D eigenvalue weighted by atomic mass is 10.1. The van der Waals surface area contributed by atoms with Gasteiger partial charge in [-0.2, -0.15) is 0 Å². The average Bonchev–Trinajstić information content (AvgIpc) is 2.32. The summed E-state index contributed by atoms with van der Waals surface area (Å²) in [5, 5.41) is 21.3. The van der Waals surface area contributed by atoms with E-state index in [9.17, 15) is 14.7 Å². The number of phenols is 1. The van der Waals surface area contributed by atoms with E-state index in [1.165, 1.54) is 6.07 Å². The number of amides is 1. The Morgan fingerprint density at radius 2 is 2.00 bits per heavy atom. The van der Waals surface area contributed by atoms with Crippen LogP contribution in [0, 0.1) is 7.14 Å². The second-order valence-corrected chi connectivity index (χ2v) is 6.34. The molecular weight excluding hydrogens is 476 g/mol. The monoisotopic (exact) mass is 489 g/mol. The minimum Gasteiger partial charge on any atom is -0.506 e. The molecule has 5 nitrogen and oxygen atoms in total. The van der Waals surface area contributed by atoms with Crippen molar-refractivity contribution in [1.29, 1.82) is 0 Å². The van der Waals surface area contributed by atoms with Crippen molar-refractivity contribution in [3.8, 4) is 5.75 Å². The number of benzene rings is 1. The molecule has 0 bridgehead atoms. The highest BCUT2D eigenvalue weighted by Crippen LogP contribution is 2.27. The van der Waals surface area contributed by atoms with E-state index in [0.29, 0.717) is 16.4 Å². The molecule has 1 aromatic rings. The molecule has 0 saturated heterocycles. The Kier molecular flexibility index (Phi) is 6.30. The summed E-state index contributed by atoms with van der Waals surface area (Å²) in [7, 11) is 0. The minimum atomic E-state index is -1.07. The largest absolute Gasteiger partial charge is 0.506 e. The number of rotatable bonds is 5. The number of phenolic OH excluding ortho intramolecular Hbond substituents is 1. The van der Waals surface area contributed by atoms with E-state index in [2.05, 4.69) is 5.32 Å². The number of carboxylic acids is 1. The number of hydrogen-bond donors (Lipinski definition) is 3. The average molecular weight is 489 g/mol. The van der Waals surface area contributed by atoms with Gasteiger partial charge >= 0.3 is 5.97 Å². The van der Waals surface area contributed by atoms with Gasteiger partial charge in [0.05, 0.1) is 9.13 Å². The summed E-state index contributed by atoms with van der Waals surface area (Å²) in [6.07, 6.45) is 0.996. The van der Waals surface area contributed by atoms with Crippen LogP contribution in [0.25, 0.3) is 0 Å². The van der Waals surface area contributed by atoms with E-state index in [1.54, 1.807) is 6.07 Å². The Hall–Kier alpha value is -0.580. The van der Waals surface area contributed by atoms with Gasteiger partial charge in [0.1, 0.15) is 11.8 Å². The lowest BCUT2D eigenvalue weighted by Gasteiger charge is -2.14. The number of hydrogen-bond acceptors (Lipinski definition) is 3. The molecule has 0 fully saturated rings. The van der Waals surface area contributed by atoms with E-state index < -0.39 is 17.9 Å². The zero-order valence-electron chi connectivity index (χ0n) is 10.1. The summed E-state index contributed by atoms with van der Waals surface area (Å²) < 4.78 is 1.35. The Balaban J connectivity index is 2.97. The first-order valence-corrected chi connectivity index (χ1v) is 7.74. The van der Waals surface area contributed by atoms with Crippen molar-refractivity contribution >= 4 is 57.1 Å². The third kappa shape index (κ3) is 4.48. The summed E-state index contributed by atoms with van der Waals surface area (Å²) in [4.78, 5) is 23.0. The normalized spacial score (nSPS) is 11.9. The third-order valence-corrected chi connectivity index (χ3v) is 3.90. The predicted octanol–water partition coefficient (Wildman–Crippen LogP) is 2.58. The van der Waals surface area contributed by atoms with Crippen LogP contribution in [-0.2, 0) is 4.79 Å². The van der Waals surface area contributed by atoms with Gasteiger partial charge in [0.25, 0.3) is 5.91 Å². The molecule has 1 rings (SSSR count). The first kappa shape index (κ1) is 16.5. The van der Waals surface area contributed by atoms with Gasteiger partial charge < -0.3 is 15.5 Å². The maximum atomic E-state index is 12.0. The van der Waals surface area contributed by atoms with Gasteiger partial charge in [-0.15, -0.1) is 0 Å². The SMILES string of the molecule is CCC[C@H](NC(=O)c1cc(I)cc(I)c1O)C(=O)O. The molecule has 3 N–H and O–H groups in total. The number of carbonyl (C=O) groups is 2. The third-order valence-electron chi connectivity index (χ3n) is 2.45. The second kappa shape index (κ2) is 7.27. The summed E-state index contributed by atoms with van der Waals surface area (Å²) >= 11 is 3.95. The maximum Gasteiger partial charge on any atom is 0.326 e. The highest BCUT2D eigenvalue weighted by molar-refractivity contribution is 14.1. The van der Waals surface area contributed by atoms with Crippen LogP contribution in [0.2, 0.25) is 0 Å². The quantitative estimate of drug-likeness (QED) is 0.556. The van der Waals surface area contributed by atoms with Gasteiger partial charge in [0.15, 0.2) is 0 Å². The smallest absolute Gasteiger partial charge is 0.326 e. The van der Waals surface area contributed by atoms with Gasteiger partial charge in [-0.05, 0) is 63.7 Å². The van der Waals surface area contributed by atoms with Crippen molar-refractivity contribution in [2.45, 2.75) is 25.8 Å². The lowest BCUT2D eigenvalue weighted by Crippen LogP contribution is -2.40. The van der Waals surface area contributed by atoms with Crippen LogP contribution in [-0.4, -0.2) is 28.1 Å². The first-order valence-electron chi connectivity index (χ1n) is 5.58. The number of halogens is 2. The molecule has 0 aliphatic rings. The van der Waals surface area contributed by atoms with Crippen LogP contribution < -0.4 is 5.32 Å². The van der Waals surface area contributed by atoms with Crippen LogP contribution in [0.4, 0.5) is 0 Å². The zero-order chi connectivity index (χ0) is 14.6. The van der Waals surface area contributed by atoms with Crippen LogP contribution in [0.5, 0.6) is 5.75 Å². The van der Waals surface area contributed by atoms with E-state index in [-0.39, 0.29) is 11.3 Å². The molecule has 7 heteroatoms. The zero-order valence-corrected chi connectivity index (χ0v) is 14.4. The number of nitrogens with one attached hydrogen (secondary N) is 1. The Bertz CT molecular complexity index is 505. The maximum absolute atomic E-state index is 12.0. The molecule has 19 heavy (non-hydrogen) atoms. The Morgan fingerprint density at radius 1 is 1.37 bits per heavy atom. The fourth-order valence-electron chi connectivity index (χ4n) is 1.52. The van der Waals surface area contributed by atoms with Gasteiger partial charge in [-0.3, -0.25) is 4.79 Å². The summed E-state index contributed by atoms with van der Waals surface area (Å²) in [6, 6.07) is 2.32. The molecule has 0 radical (unpaired) electrons. The fourth-order valence-corrected chi connectivity index (χ4v) is 3.37. The van der Waals surface area contributed by atoms with Crippen LogP contribution in [0.1, 0.15) is 30.1 Å². The molecule has 0 unspecified atom stereocenters. The molecule has 1 aromatic carbocycles. The number of aromatic hydroxyl groups is 1. The molecular formula is C12H13I2NO4. The standard InChI is InChI=1S/C12H13I2NO4/c1-2-3-9(12(18)19)15-11(17)7-4-6(13)5-8(14)10(7)16/h4-5,9,16H,2-3H2,1H3,(H,15,17)(H,18,19)/t9-/m0/s1. The van der Waals surface area contributed by atoms with E-state index >= 15 is 0 Å². The highest BCUT2D eigenvalue weighted by atomic mass is 127. The highest BCUT2D eigenvalue weighted by Gasteiger charge is 2.22. The molecule has 0 aliphatic heterocycles. The number of carbonyl (C=O) groups excluding carboxylic acids is 1. The fraction of sp³-hybridized carbons (Fsp3) is 0.333. The summed E-state index contributed by atoms with van der Waals surface area (Å²) in [5.41, 5.74) is 0.0960. The van der Waals surface area contributed by atoms with Crippen molar-refractivity contribution in [3.05, 3.63) is 24.8 Å². The molecule has 0 heterocycles. The van der Waals surface area contributed by atoms with Gasteiger partial charge in [-0.25, -0.2) is 4.79 Å². The number of aliphatic carboxylic acids is 1. The summed E-state index contributed by atoms with van der Waals surface area (Å²) in [6.45, 7) is 1.84. The molecule has 0 aromatic heterocycles. The summed E-state index contributed by atoms with van der Waals surface area (Å²) in [5.74, 6) is -1.77. The first-order chi connectivity index (χ1) is 8.86. The molecule has 0 aliphatic carbocycles. The number of carboxylic acid groups (broad SMARTS) is 1. The van der Waals surface area contributed by atoms with Gasteiger partial charge in [-0.1, -0.05) is 13.3 Å². The van der Waals surface area contributed by atoms with Gasteiger partial charge in [0, 0.05) is 3.57 Å². The van der Waals surface area contributed by atoms with E-state index in [4.69, 9.17) is 5.11 Å². The van der Waals surface area contributed by atoms with Crippen molar-refractivity contribution in [3.63, 3.8) is 0 Å². The van der Waals surface area contributed by atoms with E-state index in [0.717, 1.165) is 3.57 Å². The van der Waals surface area contributed by atoms with Crippen LogP contribution in [0.3, 0.4) is 0 Å².